The van der Waals surface area contributed by atoms with E-state index in [4.69, 9.17) is 9.47 Å². The Balaban J connectivity index is 1.74. The molecule has 1 amide bonds. The minimum Gasteiger partial charge on any atom is -0.382 e. The first-order valence-corrected chi connectivity index (χ1v) is 6.39. The molecule has 5 nitrogen and oxygen atoms in total. The summed E-state index contributed by atoms with van der Waals surface area (Å²) in [6, 6.07) is 0.593. The summed E-state index contributed by atoms with van der Waals surface area (Å²) >= 11 is 0. The molecule has 0 radical (unpaired) electrons. The first-order valence-electron chi connectivity index (χ1n) is 6.39. The zero-order valence-electron chi connectivity index (χ0n) is 10.7. The van der Waals surface area contributed by atoms with Crippen LogP contribution in [0.2, 0.25) is 0 Å². The van der Waals surface area contributed by atoms with Gasteiger partial charge < -0.3 is 20.1 Å². The zero-order valence-corrected chi connectivity index (χ0v) is 10.7. The molecule has 0 aromatic heterocycles. The van der Waals surface area contributed by atoms with Crippen molar-refractivity contribution in [2.75, 3.05) is 40.0 Å². The Labute approximate surface area is 103 Å². The summed E-state index contributed by atoms with van der Waals surface area (Å²) in [6.45, 7) is 3.21. The first kappa shape index (κ1) is 14.4. The predicted molar refractivity (Wildman–Crippen MR) is 66.0 cm³/mol. The number of amides is 1. The Kier molecular flexibility index (Phi) is 7.96. The van der Waals surface area contributed by atoms with E-state index in [-0.39, 0.29) is 5.91 Å². The van der Waals surface area contributed by atoms with Crippen LogP contribution in [0.25, 0.3) is 0 Å². The number of hydrogen-bond donors (Lipinski definition) is 2. The predicted octanol–water partition coefficient (Wildman–Crippen LogP) is 0.298. The SMILES string of the molecule is COCCOCCCCNC(=O)CNC1CC1. The smallest absolute Gasteiger partial charge is 0.233 e. The van der Waals surface area contributed by atoms with Gasteiger partial charge in [-0.05, 0) is 25.7 Å². The average Bonchev–Trinajstić information content (AvgIpc) is 3.14. The lowest BCUT2D eigenvalue weighted by molar-refractivity contribution is -0.120. The van der Waals surface area contributed by atoms with Crippen molar-refractivity contribution in [3.63, 3.8) is 0 Å². The maximum absolute atomic E-state index is 11.3. The van der Waals surface area contributed by atoms with Crippen molar-refractivity contribution in [2.24, 2.45) is 0 Å². The number of hydrogen-bond acceptors (Lipinski definition) is 4. The molecule has 100 valence electrons. The summed E-state index contributed by atoms with van der Waals surface area (Å²) in [4.78, 5) is 11.3. The van der Waals surface area contributed by atoms with E-state index in [0.29, 0.717) is 25.8 Å². The summed E-state index contributed by atoms with van der Waals surface area (Å²) in [5.41, 5.74) is 0. The van der Waals surface area contributed by atoms with Crippen LogP contribution in [0, 0.1) is 0 Å². The highest BCUT2D eigenvalue weighted by molar-refractivity contribution is 5.77. The van der Waals surface area contributed by atoms with E-state index in [2.05, 4.69) is 10.6 Å². The summed E-state index contributed by atoms with van der Waals surface area (Å²) < 4.78 is 10.2. The fourth-order valence-electron chi connectivity index (χ4n) is 1.39. The Morgan fingerprint density at radius 3 is 2.76 bits per heavy atom. The van der Waals surface area contributed by atoms with Crippen molar-refractivity contribution in [3.05, 3.63) is 0 Å². The normalized spacial score (nSPS) is 14.9. The zero-order chi connectivity index (χ0) is 12.3. The molecule has 0 aliphatic heterocycles. The molecule has 0 aromatic rings. The Morgan fingerprint density at radius 2 is 2.06 bits per heavy atom. The third-order valence-corrected chi connectivity index (χ3v) is 2.60. The lowest BCUT2D eigenvalue weighted by Gasteiger charge is -2.06. The van der Waals surface area contributed by atoms with Crippen molar-refractivity contribution in [1.29, 1.82) is 0 Å². The third-order valence-electron chi connectivity index (χ3n) is 2.60. The van der Waals surface area contributed by atoms with E-state index in [0.717, 1.165) is 26.0 Å². The molecule has 1 aliphatic carbocycles. The van der Waals surface area contributed by atoms with Gasteiger partial charge in [-0.15, -0.1) is 0 Å². The second-order valence-corrected chi connectivity index (χ2v) is 4.32. The van der Waals surface area contributed by atoms with Gasteiger partial charge in [0.2, 0.25) is 5.91 Å². The molecule has 0 heterocycles. The van der Waals surface area contributed by atoms with Crippen LogP contribution in [0.1, 0.15) is 25.7 Å². The lowest BCUT2D eigenvalue weighted by Crippen LogP contribution is -2.35. The molecule has 1 fully saturated rings. The Bertz CT molecular complexity index is 208. The average molecular weight is 244 g/mol. The van der Waals surface area contributed by atoms with E-state index in [1.54, 1.807) is 7.11 Å². The maximum Gasteiger partial charge on any atom is 0.233 e. The second kappa shape index (κ2) is 9.39. The Morgan fingerprint density at radius 1 is 1.24 bits per heavy atom. The quantitative estimate of drug-likeness (QED) is 0.513. The molecular formula is C12H24N2O3. The van der Waals surface area contributed by atoms with Gasteiger partial charge in [-0.1, -0.05) is 0 Å². The van der Waals surface area contributed by atoms with Crippen LogP contribution in [0.5, 0.6) is 0 Å². The molecule has 0 spiro atoms. The molecule has 1 saturated carbocycles. The standard InChI is InChI=1S/C12H24N2O3/c1-16-8-9-17-7-3-2-6-13-12(15)10-14-11-4-5-11/h11,14H,2-10H2,1H3,(H,13,15). The summed E-state index contributed by atoms with van der Waals surface area (Å²) in [5.74, 6) is 0.0946. The van der Waals surface area contributed by atoms with Crippen LogP contribution in [0.4, 0.5) is 0 Å². The van der Waals surface area contributed by atoms with Crippen molar-refractivity contribution in [3.8, 4) is 0 Å². The molecule has 1 rings (SSSR count). The van der Waals surface area contributed by atoms with Gasteiger partial charge in [-0.2, -0.15) is 0 Å². The van der Waals surface area contributed by atoms with Crippen LogP contribution in [0.15, 0.2) is 0 Å². The van der Waals surface area contributed by atoms with Gasteiger partial charge in [0.05, 0.1) is 19.8 Å². The number of nitrogens with one attached hydrogen (secondary N) is 2. The van der Waals surface area contributed by atoms with Gasteiger partial charge in [0.25, 0.3) is 0 Å². The number of carbonyl (C=O) groups excluding carboxylic acids is 1. The van der Waals surface area contributed by atoms with E-state index in [9.17, 15) is 4.79 Å². The third kappa shape index (κ3) is 9.09. The number of ether oxygens (including phenoxy) is 2. The molecule has 1 aliphatic rings. The topological polar surface area (TPSA) is 59.6 Å². The van der Waals surface area contributed by atoms with Crippen LogP contribution >= 0.6 is 0 Å². The summed E-state index contributed by atoms with van der Waals surface area (Å²) in [6.07, 6.45) is 4.36. The van der Waals surface area contributed by atoms with Gasteiger partial charge >= 0.3 is 0 Å². The van der Waals surface area contributed by atoms with Crippen molar-refractivity contribution in [2.45, 2.75) is 31.7 Å². The Hall–Kier alpha value is -0.650. The van der Waals surface area contributed by atoms with E-state index in [1.165, 1.54) is 12.8 Å². The minimum absolute atomic E-state index is 0.0946. The van der Waals surface area contributed by atoms with Gasteiger partial charge in [0.15, 0.2) is 0 Å². The second-order valence-electron chi connectivity index (χ2n) is 4.32. The van der Waals surface area contributed by atoms with Crippen LogP contribution in [-0.4, -0.2) is 52.0 Å². The molecule has 0 bridgehead atoms. The molecule has 5 heteroatoms. The first-order chi connectivity index (χ1) is 8.33. The maximum atomic E-state index is 11.3. The highest BCUT2D eigenvalue weighted by atomic mass is 16.5. The number of unbranched alkanes of at least 4 members (excludes halogenated alkanes) is 1. The summed E-state index contributed by atoms with van der Waals surface area (Å²) in [5, 5.41) is 6.07. The van der Waals surface area contributed by atoms with Crippen molar-refractivity contribution >= 4 is 5.91 Å². The number of carbonyl (C=O) groups is 1. The molecule has 2 N–H and O–H groups in total. The highest BCUT2D eigenvalue weighted by Gasteiger charge is 2.20. The van der Waals surface area contributed by atoms with Crippen molar-refractivity contribution in [1.82, 2.24) is 10.6 Å². The fourth-order valence-corrected chi connectivity index (χ4v) is 1.39. The lowest BCUT2D eigenvalue weighted by atomic mass is 10.3. The molecule has 0 aromatic carbocycles. The highest BCUT2D eigenvalue weighted by Crippen LogP contribution is 2.17. The molecule has 0 saturated heterocycles. The molecular weight excluding hydrogens is 220 g/mol. The minimum atomic E-state index is 0.0946. The molecule has 17 heavy (non-hydrogen) atoms. The fraction of sp³-hybridized carbons (Fsp3) is 0.917. The van der Waals surface area contributed by atoms with E-state index < -0.39 is 0 Å². The molecule has 0 unspecified atom stereocenters. The monoisotopic (exact) mass is 244 g/mol. The van der Waals surface area contributed by atoms with E-state index in [1.807, 2.05) is 0 Å². The van der Waals surface area contributed by atoms with Gasteiger partial charge in [0.1, 0.15) is 0 Å². The molecule has 0 atom stereocenters. The van der Waals surface area contributed by atoms with Crippen LogP contribution < -0.4 is 10.6 Å². The van der Waals surface area contributed by atoms with Gasteiger partial charge in [-0.3, -0.25) is 4.79 Å². The van der Waals surface area contributed by atoms with Crippen LogP contribution in [-0.2, 0) is 14.3 Å². The van der Waals surface area contributed by atoms with E-state index >= 15 is 0 Å². The van der Waals surface area contributed by atoms with Gasteiger partial charge in [0, 0.05) is 26.3 Å². The summed E-state index contributed by atoms with van der Waals surface area (Å²) in [7, 11) is 1.66. The van der Waals surface area contributed by atoms with Crippen molar-refractivity contribution < 1.29 is 14.3 Å². The number of rotatable bonds is 11. The largest absolute Gasteiger partial charge is 0.382 e. The number of methoxy groups -OCH3 is 1. The van der Waals surface area contributed by atoms with Gasteiger partial charge in [-0.25, -0.2) is 0 Å². The van der Waals surface area contributed by atoms with Crippen LogP contribution in [0.3, 0.4) is 0 Å².